The second-order valence-electron chi connectivity index (χ2n) is 4.14. The second kappa shape index (κ2) is 11.6. The topological polar surface area (TPSA) is 102 Å². The molecular weight excluding hydrogens is 330 g/mol. The molecule has 1 aliphatic heterocycles. The lowest BCUT2D eigenvalue weighted by Crippen LogP contribution is -2.34. The fourth-order valence-electron chi connectivity index (χ4n) is 1.38. The monoisotopic (exact) mass is 349 g/mol. The van der Waals surface area contributed by atoms with E-state index in [1.165, 1.54) is 0 Å². The highest BCUT2D eigenvalue weighted by molar-refractivity contribution is 7.79. The fraction of sp³-hybridized carbons (Fsp3) is 0.615. The summed E-state index contributed by atoms with van der Waals surface area (Å²) in [7, 11) is 0. The minimum absolute atomic E-state index is 0.0185. The van der Waals surface area contributed by atoms with Gasteiger partial charge in [0.25, 0.3) is 0 Å². The third-order valence-corrected chi connectivity index (χ3v) is 2.60. The van der Waals surface area contributed by atoms with Crippen LogP contribution in [0.25, 0.3) is 0 Å². The molecule has 0 spiro atoms. The second-order valence-corrected chi connectivity index (χ2v) is 4.47. The van der Waals surface area contributed by atoms with E-state index in [-0.39, 0.29) is 57.5 Å². The molecule has 0 aliphatic carbocycles. The van der Waals surface area contributed by atoms with E-state index >= 15 is 0 Å². The Balaban J connectivity index is 1.96. The molecule has 1 amide bonds. The maximum atomic E-state index is 11.3. The molecule has 130 valence electrons. The van der Waals surface area contributed by atoms with Gasteiger partial charge in [-0.2, -0.15) is 0 Å². The first-order chi connectivity index (χ1) is 11.1. The molecule has 1 rings (SSSR count). The van der Waals surface area contributed by atoms with Gasteiger partial charge in [0.1, 0.15) is 26.6 Å². The van der Waals surface area contributed by atoms with E-state index in [0.29, 0.717) is 0 Å². The van der Waals surface area contributed by atoms with Gasteiger partial charge in [0.15, 0.2) is 6.10 Å². The van der Waals surface area contributed by atoms with E-state index in [1.54, 1.807) is 0 Å². The molecule has 0 radical (unpaired) electrons. The first-order valence-corrected chi connectivity index (χ1v) is 7.21. The van der Waals surface area contributed by atoms with Crippen LogP contribution < -0.4 is 5.32 Å². The van der Waals surface area contributed by atoms with Crippen LogP contribution in [0.4, 0.5) is 4.79 Å². The van der Waals surface area contributed by atoms with Gasteiger partial charge in [0.05, 0.1) is 19.8 Å². The Morgan fingerprint density at radius 2 is 1.83 bits per heavy atom. The minimum Gasteiger partial charge on any atom is -0.455 e. The van der Waals surface area contributed by atoms with E-state index in [9.17, 15) is 9.59 Å². The molecule has 1 aliphatic rings. The molecule has 9 nitrogen and oxygen atoms in total. The van der Waals surface area contributed by atoms with Crippen LogP contribution in [0.5, 0.6) is 0 Å². The Hall–Kier alpha value is -1.91. The van der Waals surface area contributed by atoms with Crippen LogP contribution in [0, 0.1) is 0 Å². The summed E-state index contributed by atoms with van der Waals surface area (Å²) in [6, 6.07) is 0. The Morgan fingerprint density at radius 3 is 2.52 bits per heavy atom. The zero-order chi connectivity index (χ0) is 16.9. The number of amides is 1. The van der Waals surface area contributed by atoms with E-state index in [2.05, 4.69) is 11.9 Å². The average molecular weight is 349 g/mol. The summed E-state index contributed by atoms with van der Waals surface area (Å²) in [6.45, 7) is 4.43. The summed E-state index contributed by atoms with van der Waals surface area (Å²) in [5, 5.41) is 2.40. The first-order valence-electron chi connectivity index (χ1n) is 6.80. The van der Waals surface area contributed by atoms with Crippen molar-refractivity contribution >= 4 is 29.5 Å². The standard InChI is InChI=1S/C13H19NO8S/c1-2-11(15)14-3-4-20-13(23)21-6-5-19-12(16)22-10-7-17-9-18-8-10/h2,10H,1,3-9H2,(H,14,15). The predicted molar refractivity (Wildman–Crippen MR) is 80.7 cm³/mol. The van der Waals surface area contributed by atoms with Crippen LogP contribution in [-0.4, -0.2) is 69.8 Å². The van der Waals surface area contributed by atoms with Crippen molar-refractivity contribution in [3.05, 3.63) is 12.7 Å². The largest absolute Gasteiger partial charge is 0.508 e. The van der Waals surface area contributed by atoms with Crippen molar-refractivity contribution in [2.45, 2.75) is 6.10 Å². The summed E-state index contributed by atoms with van der Waals surface area (Å²) in [5.74, 6) is -0.305. The molecular formula is C13H19NO8S. The van der Waals surface area contributed by atoms with Crippen molar-refractivity contribution in [3.63, 3.8) is 0 Å². The number of hydrogen-bond donors (Lipinski definition) is 1. The lowest BCUT2D eigenvalue weighted by molar-refractivity contribution is -0.157. The van der Waals surface area contributed by atoms with Crippen molar-refractivity contribution < 1.29 is 38.0 Å². The average Bonchev–Trinajstić information content (AvgIpc) is 2.56. The summed E-state index contributed by atoms with van der Waals surface area (Å²) >= 11 is 4.79. The van der Waals surface area contributed by atoms with Gasteiger partial charge in [0.2, 0.25) is 5.91 Å². The molecule has 23 heavy (non-hydrogen) atoms. The Kier molecular flexibility index (Phi) is 9.68. The Morgan fingerprint density at radius 1 is 1.17 bits per heavy atom. The third-order valence-electron chi connectivity index (χ3n) is 2.37. The highest BCUT2D eigenvalue weighted by atomic mass is 32.1. The molecule has 0 saturated carbocycles. The molecule has 10 heteroatoms. The molecule has 0 atom stereocenters. The third kappa shape index (κ3) is 9.66. The molecule has 0 aromatic rings. The first kappa shape index (κ1) is 19.1. The minimum atomic E-state index is -0.841. The lowest BCUT2D eigenvalue weighted by atomic mass is 10.4. The molecule has 1 heterocycles. The van der Waals surface area contributed by atoms with E-state index in [4.69, 9.17) is 40.6 Å². The van der Waals surface area contributed by atoms with Crippen LogP contribution in [0.3, 0.4) is 0 Å². The number of nitrogens with one attached hydrogen (secondary N) is 1. The maximum Gasteiger partial charge on any atom is 0.508 e. The number of hydrogen-bond acceptors (Lipinski definition) is 9. The van der Waals surface area contributed by atoms with Gasteiger partial charge in [-0.1, -0.05) is 6.58 Å². The van der Waals surface area contributed by atoms with Crippen LogP contribution in [0.2, 0.25) is 0 Å². The highest BCUT2D eigenvalue weighted by Gasteiger charge is 2.19. The smallest absolute Gasteiger partial charge is 0.455 e. The van der Waals surface area contributed by atoms with Crippen molar-refractivity contribution in [2.24, 2.45) is 0 Å². The van der Waals surface area contributed by atoms with Crippen LogP contribution in [0.1, 0.15) is 0 Å². The summed E-state index contributed by atoms with van der Waals surface area (Å²) in [4.78, 5) is 22.2. The quantitative estimate of drug-likeness (QED) is 0.283. The molecule has 1 N–H and O–H groups in total. The lowest BCUT2D eigenvalue weighted by Gasteiger charge is -2.21. The predicted octanol–water partition coefficient (Wildman–Crippen LogP) is 0.133. The molecule has 1 fully saturated rings. The van der Waals surface area contributed by atoms with Crippen molar-refractivity contribution in [1.29, 1.82) is 0 Å². The van der Waals surface area contributed by atoms with Crippen LogP contribution in [0.15, 0.2) is 12.7 Å². The molecule has 0 unspecified atom stereocenters. The van der Waals surface area contributed by atoms with Crippen LogP contribution in [-0.2, 0) is 33.2 Å². The van der Waals surface area contributed by atoms with Crippen molar-refractivity contribution in [3.8, 4) is 0 Å². The van der Waals surface area contributed by atoms with Crippen molar-refractivity contribution in [1.82, 2.24) is 5.32 Å². The number of carbonyl (C=O) groups excluding carboxylic acids is 2. The number of thiocarbonyl (C=S) groups is 1. The number of rotatable bonds is 8. The fourth-order valence-corrected chi connectivity index (χ4v) is 1.54. The molecule has 0 aromatic heterocycles. The van der Waals surface area contributed by atoms with E-state index < -0.39 is 12.3 Å². The summed E-state index contributed by atoms with van der Waals surface area (Å²) in [6.07, 6.45) is -0.171. The van der Waals surface area contributed by atoms with Gasteiger partial charge in [-0.3, -0.25) is 4.79 Å². The van der Waals surface area contributed by atoms with E-state index in [0.717, 1.165) is 6.08 Å². The van der Waals surface area contributed by atoms with Gasteiger partial charge in [-0.25, -0.2) is 4.79 Å². The Labute approximate surface area is 138 Å². The summed E-state index contributed by atoms with van der Waals surface area (Å²) in [5.41, 5.74) is 0. The van der Waals surface area contributed by atoms with Crippen molar-refractivity contribution in [2.75, 3.05) is 46.4 Å². The van der Waals surface area contributed by atoms with Gasteiger partial charge in [-0.05, 0) is 6.08 Å². The van der Waals surface area contributed by atoms with Gasteiger partial charge in [0, 0.05) is 12.2 Å². The maximum absolute atomic E-state index is 11.3. The van der Waals surface area contributed by atoms with Gasteiger partial charge < -0.3 is 33.7 Å². The number of ether oxygens (including phenoxy) is 6. The zero-order valence-electron chi connectivity index (χ0n) is 12.5. The molecule has 0 aromatic carbocycles. The van der Waals surface area contributed by atoms with E-state index in [1.807, 2.05) is 0 Å². The zero-order valence-corrected chi connectivity index (χ0v) is 13.3. The summed E-state index contributed by atoms with van der Waals surface area (Å²) < 4.78 is 29.7. The Bertz CT molecular complexity index is 411. The molecule has 0 bridgehead atoms. The molecule has 1 saturated heterocycles. The van der Waals surface area contributed by atoms with Gasteiger partial charge in [-0.15, -0.1) is 0 Å². The van der Waals surface area contributed by atoms with Crippen LogP contribution >= 0.6 is 12.2 Å². The normalized spacial score (nSPS) is 14.4. The SMILES string of the molecule is C=CC(=O)NCCOC(=S)OCCOC(=O)OC1COCOC1. The van der Waals surface area contributed by atoms with Gasteiger partial charge >= 0.3 is 11.4 Å². The highest BCUT2D eigenvalue weighted by Crippen LogP contribution is 2.03. The number of carbonyl (C=O) groups is 2.